The molecule has 2 aliphatic rings. The van der Waals surface area contributed by atoms with Gasteiger partial charge in [0.25, 0.3) is 5.91 Å². The van der Waals surface area contributed by atoms with Gasteiger partial charge in [0, 0.05) is 26.6 Å². The molecule has 2 atom stereocenters. The van der Waals surface area contributed by atoms with Crippen molar-refractivity contribution in [1.82, 2.24) is 20.0 Å². The first-order valence-electron chi connectivity index (χ1n) is 7.58. The fourth-order valence-electron chi connectivity index (χ4n) is 3.46. The number of nitrogens with zero attached hydrogens (tertiary/aromatic N) is 4. The van der Waals surface area contributed by atoms with Crippen LogP contribution in [0.25, 0.3) is 0 Å². The van der Waals surface area contributed by atoms with E-state index in [9.17, 15) is 9.59 Å². The lowest BCUT2D eigenvalue weighted by molar-refractivity contribution is -0.138. The van der Waals surface area contributed by atoms with Gasteiger partial charge in [0.15, 0.2) is 0 Å². The number of likely N-dealkylation sites (tertiary alicyclic amines) is 2. The van der Waals surface area contributed by atoms with Gasteiger partial charge < -0.3 is 14.5 Å². The highest BCUT2D eigenvalue weighted by Gasteiger charge is 2.44. The van der Waals surface area contributed by atoms with Gasteiger partial charge in [0.05, 0.1) is 36.6 Å². The number of carbonyl (C=O) groups excluding carboxylic acids is 2. The van der Waals surface area contributed by atoms with Crippen LogP contribution >= 0.6 is 0 Å². The molecule has 0 spiro atoms. The van der Waals surface area contributed by atoms with Crippen molar-refractivity contribution in [3.63, 3.8) is 0 Å². The van der Waals surface area contributed by atoms with Crippen LogP contribution in [0.5, 0.6) is 0 Å². The van der Waals surface area contributed by atoms with E-state index in [0.717, 1.165) is 12.8 Å². The normalized spacial score (nSPS) is 24.5. The summed E-state index contributed by atoms with van der Waals surface area (Å²) >= 11 is 0. The summed E-state index contributed by atoms with van der Waals surface area (Å²) in [5, 5.41) is 7.47. The second-order valence-corrected chi connectivity index (χ2v) is 5.67. The molecule has 0 radical (unpaired) electrons. The molecule has 22 heavy (non-hydrogen) atoms. The molecular weight excluding hydrogens is 284 g/mol. The molecular formula is C15H20N4O3. The number of amides is 2. The maximum atomic E-state index is 12.6. The molecule has 7 heteroatoms. The number of hydrogen-bond acceptors (Lipinski definition) is 5. The minimum atomic E-state index is -0.0246. The van der Waals surface area contributed by atoms with Gasteiger partial charge in [-0.15, -0.1) is 0 Å². The number of hydrogen-bond donors (Lipinski definition) is 0. The Bertz CT molecular complexity index is 551. The number of carbonyl (C=O) groups is 2. The average molecular weight is 304 g/mol. The van der Waals surface area contributed by atoms with Crippen molar-refractivity contribution in [2.75, 3.05) is 26.8 Å². The predicted molar refractivity (Wildman–Crippen MR) is 78.1 cm³/mol. The quantitative estimate of drug-likeness (QED) is 0.801. The number of ether oxygens (including phenoxy) is 1. The van der Waals surface area contributed by atoms with Crippen LogP contribution in [0.15, 0.2) is 18.5 Å². The molecule has 7 nitrogen and oxygen atoms in total. The van der Waals surface area contributed by atoms with Crippen LogP contribution in [0.4, 0.5) is 0 Å². The van der Waals surface area contributed by atoms with E-state index in [1.807, 2.05) is 9.80 Å². The Balaban J connectivity index is 1.75. The summed E-state index contributed by atoms with van der Waals surface area (Å²) in [5.41, 5.74) is 0.552. The Morgan fingerprint density at radius 2 is 2.23 bits per heavy atom. The van der Waals surface area contributed by atoms with E-state index >= 15 is 0 Å². The lowest BCUT2D eigenvalue weighted by atomic mass is 9.96. The summed E-state index contributed by atoms with van der Waals surface area (Å²) in [6.07, 6.45) is 5.06. The van der Waals surface area contributed by atoms with Crippen molar-refractivity contribution in [1.29, 1.82) is 0 Å². The Kier molecular flexibility index (Phi) is 4.33. The van der Waals surface area contributed by atoms with Crippen molar-refractivity contribution >= 4 is 11.8 Å². The van der Waals surface area contributed by atoms with Crippen LogP contribution in [0, 0.1) is 0 Å². The third-order valence-electron chi connectivity index (χ3n) is 4.51. The summed E-state index contributed by atoms with van der Waals surface area (Å²) < 4.78 is 5.10. The second kappa shape index (κ2) is 6.39. The van der Waals surface area contributed by atoms with Crippen LogP contribution in [0.3, 0.4) is 0 Å². The van der Waals surface area contributed by atoms with Gasteiger partial charge in [-0.1, -0.05) is 0 Å². The van der Waals surface area contributed by atoms with E-state index in [0.29, 0.717) is 31.7 Å². The van der Waals surface area contributed by atoms with Gasteiger partial charge in [-0.25, -0.2) is 0 Å². The van der Waals surface area contributed by atoms with Crippen molar-refractivity contribution in [2.24, 2.45) is 0 Å². The standard InChI is InChI=1S/C15H20N4O3/c1-22-9-8-18-13-5-7-19(12(13)2-3-14(18)20)15(21)11-4-6-16-17-10-11/h4,6,10,12-13H,2-3,5,7-9H2,1H3/t12-,13+/m1/s1. The van der Waals surface area contributed by atoms with E-state index in [2.05, 4.69) is 10.2 Å². The molecule has 0 bridgehead atoms. The molecule has 3 rings (SSSR count). The number of aromatic nitrogens is 2. The molecule has 3 heterocycles. The maximum Gasteiger partial charge on any atom is 0.255 e. The minimum Gasteiger partial charge on any atom is -0.383 e. The van der Waals surface area contributed by atoms with Crippen molar-refractivity contribution in [2.45, 2.75) is 31.3 Å². The third-order valence-corrected chi connectivity index (χ3v) is 4.51. The summed E-state index contributed by atoms with van der Waals surface area (Å²) in [5.74, 6) is 0.140. The first kappa shape index (κ1) is 14.9. The van der Waals surface area contributed by atoms with Gasteiger partial charge in [-0.05, 0) is 18.9 Å². The third kappa shape index (κ3) is 2.68. The molecule has 118 valence electrons. The Hall–Kier alpha value is -2.02. The lowest BCUT2D eigenvalue weighted by Gasteiger charge is -2.39. The van der Waals surface area contributed by atoms with Gasteiger partial charge >= 0.3 is 0 Å². The monoisotopic (exact) mass is 304 g/mol. The fourth-order valence-corrected chi connectivity index (χ4v) is 3.46. The molecule has 0 N–H and O–H groups in total. The topological polar surface area (TPSA) is 75.6 Å². The van der Waals surface area contributed by atoms with Crippen molar-refractivity contribution < 1.29 is 14.3 Å². The largest absolute Gasteiger partial charge is 0.383 e. The zero-order valence-electron chi connectivity index (χ0n) is 12.6. The summed E-state index contributed by atoms with van der Waals surface area (Å²) in [6.45, 7) is 1.79. The number of methoxy groups -OCH3 is 1. The first-order chi connectivity index (χ1) is 10.7. The molecule has 2 amide bonds. The molecule has 0 unspecified atom stereocenters. The van der Waals surface area contributed by atoms with Crippen molar-refractivity contribution in [3.05, 3.63) is 24.0 Å². The summed E-state index contributed by atoms with van der Waals surface area (Å²) in [7, 11) is 1.63. The highest BCUT2D eigenvalue weighted by molar-refractivity contribution is 5.94. The Labute approximate surface area is 129 Å². The van der Waals surface area contributed by atoms with Gasteiger partial charge in [-0.3, -0.25) is 9.59 Å². The smallest absolute Gasteiger partial charge is 0.255 e. The zero-order valence-corrected chi connectivity index (χ0v) is 12.6. The van der Waals surface area contributed by atoms with E-state index in [-0.39, 0.29) is 23.9 Å². The maximum absolute atomic E-state index is 12.6. The van der Waals surface area contributed by atoms with Crippen LogP contribution in [0.2, 0.25) is 0 Å². The lowest BCUT2D eigenvalue weighted by Crippen LogP contribution is -2.54. The molecule has 2 aliphatic heterocycles. The van der Waals surface area contributed by atoms with E-state index in [1.165, 1.54) is 12.4 Å². The fraction of sp³-hybridized carbons (Fsp3) is 0.600. The Morgan fingerprint density at radius 3 is 2.95 bits per heavy atom. The van der Waals surface area contributed by atoms with E-state index in [1.54, 1.807) is 13.2 Å². The first-order valence-corrected chi connectivity index (χ1v) is 7.58. The van der Waals surface area contributed by atoms with Gasteiger partial charge in [0.1, 0.15) is 0 Å². The zero-order chi connectivity index (χ0) is 15.5. The van der Waals surface area contributed by atoms with E-state index < -0.39 is 0 Å². The van der Waals surface area contributed by atoms with Gasteiger partial charge in [-0.2, -0.15) is 10.2 Å². The minimum absolute atomic E-state index is 0.0246. The highest BCUT2D eigenvalue weighted by Crippen LogP contribution is 2.32. The Morgan fingerprint density at radius 1 is 1.36 bits per heavy atom. The number of piperidine rings is 1. The molecule has 1 aromatic heterocycles. The van der Waals surface area contributed by atoms with Crippen molar-refractivity contribution in [3.8, 4) is 0 Å². The average Bonchev–Trinajstić information content (AvgIpc) is 2.98. The highest BCUT2D eigenvalue weighted by atomic mass is 16.5. The molecule has 0 aliphatic carbocycles. The number of fused-ring (bicyclic) bond motifs is 1. The van der Waals surface area contributed by atoms with E-state index in [4.69, 9.17) is 4.74 Å². The van der Waals surface area contributed by atoms with Gasteiger partial charge in [0.2, 0.25) is 5.91 Å². The predicted octanol–water partition coefficient (Wildman–Crippen LogP) is 0.328. The van der Waals surface area contributed by atoms with Crippen LogP contribution in [0.1, 0.15) is 29.6 Å². The second-order valence-electron chi connectivity index (χ2n) is 5.67. The molecule has 0 aromatic carbocycles. The van der Waals surface area contributed by atoms with Crippen LogP contribution in [-0.4, -0.2) is 70.7 Å². The molecule has 1 aromatic rings. The molecule has 2 saturated heterocycles. The SMILES string of the molecule is COCCN1C(=O)CC[C@@H]2[C@@H]1CCN2C(=O)c1ccnnc1. The summed E-state index contributed by atoms with van der Waals surface area (Å²) in [6, 6.07) is 1.88. The van der Waals surface area contributed by atoms with Crippen LogP contribution < -0.4 is 0 Å². The number of rotatable bonds is 4. The van der Waals surface area contributed by atoms with Crippen LogP contribution in [-0.2, 0) is 9.53 Å². The molecule has 0 saturated carbocycles. The summed E-state index contributed by atoms with van der Waals surface area (Å²) in [4.78, 5) is 28.5. The molecule has 2 fully saturated rings.